The van der Waals surface area contributed by atoms with Gasteiger partial charge in [0, 0.05) is 11.4 Å². The van der Waals surface area contributed by atoms with E-state index in [2.05, 4.69) is 36.8 Å². The maximum absolute atomic E-state index is 11.7. The number of rotatable bonds is 0. The Morgan fingerprint density at radius 1 is 1.36 bits per heavy atom. The van der Waals surface area contributed by atoms with E-state index in [0.29, 0.717) is 15.9 Å². The second-order valence-electron chi connectivity index (χ2n) is 2.80. The largest absolute Gasteiger partial charge is 0.437 e. The molecule has 1 heterocycles. The van der Waals surface area contributed by atoms with Crippen molar-refractivity contribution in [3.05, 3.63) is 37.2 Å². The summed E-state index contributed by atoms with van der Waals surface area (Å²) in [5.74, 6) is 0.488. The SMILES string of the molecule is Cc1nc2cc(Br)cc(Br)c(=O)c2o1. The molecule has 0 spiro atoms. The van der Waals surface area contributed by atoms with E-state index in [9.17, 15) is 4.79 Å². The van der Waals surface area contributed by atoms with E-state index >= 15 is 0 Å². The highest BCUT2D eigenvalue weighted by molar-refractivity contribution is 9.11. The highest BCUT2D eigenvalue weighted by Crippen LogP contribution is 2.19. The first-order valence-corrected chi connectivity index (χ1v) is 5.43. The lowest BCUT2D eigenvalue weighted by molar-refractivity contribution is 0.558. The number of hydrogen-bond donors (Lipinski definition) is 0. The second-order valence-corrected chi connectivity index (χ2v) is 4.57. The first kappa shape index (κ1) is 9.86. The van der Waals surface area contributed by atoms with Gasteiger partial charge in [0.25, 0.3) is 0 Å². The van der Waals surface area contributed by atoms with Crippen LogP contribution in [0.25, 0.3) is 11.1 Å². The Labute approximate surface area is 96.4 Å². The van der Waals surface area contributed by atoms with Gasteiger partial charge >= 0.3 is 0 Å². The molecule has 72 valence electrons. The molecule has 0 amide bonds. The van der Waals surface area contributed by atoms with Gasteiger partial charge in [-0.25, -0.2) is 4.98 Å². The molecule has 0 fully saturated rings. The van der Waals surface area contributed by atoms with Crippen molar-refractivity contribution in [1.29, 1.82) is 0 Å². The van der Waals surface area contributed by atoms with E-state index in [4.69, 9.17) is 4.42 Å². The van der Waals surface area contributed by atoms with Gasteiger partial charge in [0.2, 0.25) is 11.0 Å². The summed E-state index contributed by atoms with van der Waals surface area (Å²) < 4.78 is 6.46. The van der Waals surface area contributed by atoms with Crippen molar-refractivity contribution in [2.45, 2.75) is 6.92 Å². The number of nitrogens with zero attached hydrogens (tertiary/aromatic N) is 1. The Bertz CT molecular complexity index is 562. The lowest BCUT2D eigenvalue weighted by Crippen LogP contribution is -1.96. The molecule has 1 aromatic carbocycles. The lowest BCUT2D eigenvalue weighted by atomic mass is 10.4. The van der Waals surface area contributed by atoms with Gasteiger partial charge < -0.3 is 4.42 Å². The summed E-state index contributed by atoms with van der Waals surface area (Å²) in [7, 11) is 0. The third-order valence-corrected chi connectivity index (χ3v) is 2.77. The fraction of sp³-hybridized carbons (Fsp3) is 0.111. The third-order valence-electron chi connectivity index (χ3n) is 1.72. The monoisotopic (exact) mass is 317 g/mol. The molecule has 0 saturated heterocycles. The standard InChI is InChI=1S/C9H5Br2NO2/c1-4-12-7-3-5(10)2-6(11)8(13)9(7)14-4/h2-3H,1H3. The molecule has 0 aliphatic carbocycles. The highest BCUT2D eigenvalue weighted by Gasteiger charge is 2.08. The van der Waals surface area contributed by atoms with Crippen LogP contribution in [0.5, 0.6) is 0 Å². The minimum absolute atomic E-state index is 0.189. The maximum atomic E-state index is 11.7. The van der Waals surface area contributed by atoms with Crippen molar-refractivity contribution in [2.24, 2.45) is 0 Å². The van der Waals surface area contributed by atoms with Crippen molar-refractivity contribution in [3.8, 4) is 0 Å². The molecule has 1 aromatic heterocycles. The van der Waals surface area contributed by atoms with Crippen LogP contribution in [-0.2, 0) is 0 Å². The van der Waals surface area contributed by atoms with Gasteiger partial charge in [-0.2, -0.15) is 0 Å². The van der Waals surface area contributed by atoms with Gasteiger partial charge in [-0.1, -0.05) is 15.9 Å². The Hall–Kier alpha value is -0.680. The van der Waals surface area contributed by atoms with E-state index < -0.39 is 0 Å². The molecule has 0 aliphatic rings. The van der Waals surface area contributed by atoms with Gasteiger partial charge in [-0.05, 0) is 28.1 Å². The fourth-order valence-corrected chi connectivity index (χ4v) is 2.35. The number of aromatic nitrogens is 1. The molecule has 5 heteroatoms. The van der Waals surface area contributed by atoms with Crippen LogP contribution in [0.2, 0.25) is 0 Å². The zero-order chi connectivity index (χ0) is 10.3. The van der Waals surface area contributed by atoms with Crippen LogP contribution < -0.4 is 5.43 Å². The van der Waals surface area contributed by atoms with Crippen LogP contribution in [0.4, 0.5) is 0 Å². The van der Waals surface area contributed by atoms with Crippen molar-refractivity contribution in [3.63, 3.8) is 0 Å². The van der Waals surface area contributed by atoms with Crippen molar-refractivity contribution < 1.29 is 4.42 Å². The van der Waals surface area contributed by atoms with Gasteiger partial charge in [0.1, 0.15) is 5.52 Å². The quantitative estimate of drug-likeness (QED) is 0.750. The molecule has 0 atom stereocenters. The molecule has 0 radical (unpaired) electrons. The molecule has 2 rings (SSSR count). The summed E-state index contributed by atoms with van der Waals surface area (Å²) in [5, 5.41) is 0. The third kappa shape index (κ3) is 1.62. The van der Waals surface area contributed by atoms with Crippen molar-refractivity contribution >= 4 is 43.0 Å². The Balaban J connectivity index is 3.05. The van der Waals surface area contributed by atoms with Gasteiger partial charge in [0.15, 0.2) is 5.89 Å². The molecular formula is C9H5Br2NO2. The Kier molecular flexibility index (Phi) is 2.45. The molecule has 0 N–H and O–H groups in total. The minimum Gasteiger partial charge on any atom is -0.437 e. The first-order chi connectivity index (χ1) is 6.58. The average Bonchev–Trinajstić information content (AvgIpc) is 2.40. The lowest BCUT2D eigenvalue weighted by Gasteiger charge is -1.80. The smallest absolute Gasteiger partial charge is 0.237 e. The van der Waals surface area contributed by atoms with E-state index in [1.165, 1.54) is 0 Å². The van der Waals surface area contributed by atoms with Gasteiger partial charge in [-0.15, -0.1) is 0 Å². The normalized spacial score (nSPS) is 10.8. The molecule has 0 saturated carbocycles. The second kappa shape index (κ2) is 3.47. The number of fused-ring (bicyclic) bond motifs is 1. The predicted octanol–water partition coefficient (Wildman–Crippen LogP) is 3.02. The molecule has 0 aliphatic heterocycles. The zero-order valence-corrected chi connectivity index (χ0v) is 10.3. The Morgan fingerprint density at radius 3 is 2.79 bits per heavy atom. The van der Waals surface area contributed by atoms with E-state index in [-0.39, 0.29) is 11.0 Å². The average molecular weight is 319 g/mol. The van der Waals surface area contributed by atoms with E-state index in [1.807, 2.05) is 0 Å². The summed E-state index contributed by atoms with van der Waals surface area (Å²) in [5.41, 5.74) is 0.649. The van der Waals surface area contributed by atoms with E-state index in [0.717, 1.165) is 4.47 Å². The van der Waals surface area contributed by atoms with Crippen LogP contribution in [0.15, 0.2) is 30.3 Å². The van der Waals surface area contributed by atoms with Crippen LogP contribution in [0.3, 0.4) is 0 Å². The van der Waals surface area contributed by atoms with Crippen LogP contribution in [0.1, 0.15) is 5.89 Å². The summed E-state index contributed by atoms with van der Waals surface area (Å²) in [4.78, 5) is 15.8. The van der Waals surface area contributed by atoms with Crippen molar-refractivity contribution in [2.75, 3.05) is 0 Å². The van der Waals surface area contributed by atoms with Gasteiger partial charge in [-0.3, -0.25) is 4.79 Å². The zero-order valence-electron chi connectivity index (χ0n) is 7.17. The summed E-state index contributed by atoms with van der Waals surface area (Å²) >= 11 is 6.48. The van der Waals surface area contributed by atoms with E-state index in [1.54, 1.807) is 19.1 Å². The topological polar surface area (TPSA) is 43.1 Å². The fourth-order valence-electron chi connectivity index (χ4n) is 1.17. The summed E-state index contributed by atoms with van der Waals surface area (Å²) in [6.45, 7) is 1.71. The molecular weight excluding hydrogens is 314 g/mol. The number of halogens is 2. The highest BCUT2D eigenvalue weighted by atomic mass is 79.9. The number of hydrogen-bond acceptors (Lipinski definition) is 3. The molecule has 0 bridgehead atoms. The first-order valence-electron chi connectivity index (χ1n) is 3.84. The maximum Gasteiger partial charge on any atom is 0.237 e. The molecule has 2 aromatic rings. The summed E-state index contributed by atoms with van der Waals surface area (Å²) in [6.07, 6.45) is 0. The Morgan fingerprint density at radius 2 is 2.07 bits per heavy atom. The number of oxazole rings is 1. The predicted molar refractivity (Wildman–Crippen MR) is 60.4 cm³/mol. The number of aryl methyl sites for hydroxylation is 1. The van der Waals surface area contributed by atoms with Crippen LogP contribution in [-0.4, -0.2) is 4.98 Å². The van der Waals surface area contributed by atoms with Crippen LogP contribution in [0, 0.1) is 6.92 Å². The molecule has 14 heavy (non-hydrogen) atoms. The molecule has 3 nitrogen and oxygen atoms in total. The van der Waals surface area contributed by atoms with Crippen molar-refractivity contribution in [1.82, 2.24) is 4.98 Å². The molecule has 0 unspecified atom stereocenters. The minimum atomic E-state index is -0.189. The van der Waals surface area contributed by atoms with Gasteiger partial charge in [0.05, 0.1) is 4.47 Å². The summed E-state index contributed by atoms with van der Waals surface area (Å²) in [6, 6.07) is 3.42. The van der Waals surface area contributed by atoms with Crippen LogP contribution >= 0.6 is 31.9 Å².